The zero-order chi connectivity index (χ0) is 28.6. The van der Waals surface area contributed by atoms with Gasteiger partial charge in [-0.05, 0) is 69.4 Å². The number of hydrogen-bond donors (Lipinski definition) is 3. The first-order chi connectivity index (χ1) is 19.1. The standard InChI is InChI=1S/C26H31ClF2N8O3/c1-13(2)37-18(7-8-30-37)25(39)33-23(22(14-3-4-14)15-5-6-15)26(40)32-16-11-31-36(12-16)19(10-21(28)29)17-9-20(27)34-35-24(17)38/h7-9,11-15,19,21-23H,3-6,10H2,1-2H3,(H,32,40)(H,33,39)(H,35,38)/t19-,23-/m0/s1. The van der Waals surface area contributed by atoms with Crippen LogP contribution in [-0.2, 0) is 4.79 Å². The fourth-order valence-corrected chi connectivity index (χ4v) is 5.49. The third-order valence-electron chi connectivity index (χ3n) is 7.43. The number of hydrogen-bond acceptors (Lipinski definition) is 6. The van der Waals surface area contributed by atoms with Gasteiger partial charge in [-0.2, -0.15) is 15.3 Å². The predicted molar refractivity (Wildman–Crippen MR) is 142 cm³/mol. The molecule has 14 heteroatoms. The van der Waals surface area contributed by atoms with Gasteiger partial charge < -0.3 is 10.6 Å². The average Bonchev–Trinajstić information content (AvgIpc) is 3.82. The summed E-state index contributed by atoms with van der Waals surface area (Å²) in [7, 11) is 0. The van der Waals surface area contributed by atoms with Crippen molar-refractivity contribution in [2.45, 2.75) is 70.5 Å². The maximum absolute atomic E-state index is 13.7. The van der Waals surface area contributed by atoms with Gasteiger partial charge in [0.2, 0.25) is 12.3 Å². The number of amides is 2. The van der Waals surface area contributed by atoms with E-state index in [1.165, 1.54) is 23.1 Å². The Morgan fingerprint density at radius 3 is 2.50 bits per heavy atom. The molecule has 0 unspecified atom stereocenters. The second-order valence-corrected chi connectivity index (χ2v) is 11.2. The van der Waals surface area contributed by atoms with Crippen LogP contribution in [0.2, 0.25) is 5.15 Å². The fourth-order valence-electron chi connectivity index (χ4n) is 5.33. The summed E-state index contributed by atoms with van der Waals surface area (Å²) in [6.45, 7) is 3.83. The minimum atomic E-state index is -2.74. The largest absolute Gasteiger partial charge is 0.339 e. The van der Waals surface area contributed by atoms with Gasteiger partial charge in [0.25, 0.3) is 11.5 Å². The molecule has 0 bridgehead atoms. The van der Waals surface area contributed by atoms with Crippen LogP contribution < -0.4 is 16.2 Å². The maximum Gasteiger partial charge on any atom is 0.270 e. The van der Waals surface area contributed by atoms with Gasteiger partial charge >= 0.3 is 0 Å². The molecule has 5 rings (SSSR count). The van der Waals surface area contributed by atoms with E-state index in [9.17, 15) is 23.2 Å². The molecular weight excluding hydrogens is 546 g/mol. The number of alkyl halides is 2. The van der Waals surface area contributed by atoms with Gasteiger partial charge in [0.05, 0.1) is 17.9 Å². The van der Waals surface area contributed by atoms with Crippen LogP contribution in [0.3, 0.4) is 0 Å². The summed E-state index contributed by atoms with van der Waals surface area (Å²) in [5.74, 6) is -0.125. The molecular formula is C26H31ClF2N8O3. The third kappa shape index (κ3) is 6.24. The molecule has 11 nitrogen and oxygen atoms in total. The average molecular weight is 577 g/mol. The normalized spacial score (nSPS) is 16.9. The Labute approximate surface area is 233 Å². The summed E-state index contributed by atoms with van der Waals surface area (Å²) >= 11 is 5.89. The molecule has 0 saturated heterocycles. The summed E-state index contributed by atoms with van der Waals surface area (Å²) < 4.78 is 29.7. The van der Waals surface area contributed by atoms with Gasteiger partial charge in [0.15, 0.2) is 0 Å². The zero-order valence-electron chi connectivity index (χ0n) is 22.1. The smallest absolute Gasteiger partial charge is 0.270 e. The van der Waals surface area contributed by atoms with E-state index < -0.39 is 36.4 Å². The molecule has 2 saturated carbocycles. The van der Waals surface area contributed by atoms with Gasteiger partial charge in [-0.3, -0.25) is 23.7 Å². The van der Waals surface area contributed by atoms with E-state index in [1.807, 2.05) is 13.8 Å². The van der Waals surface area contributed by atoms with E-state index in [4.69, 9.17) is 11.6 Å². The minimum Gasteiger partial charge on any atom is -0.339 e. The molecule has 2 amide bonds. The molecule has 2 atom stereocenters. The first-order valence-corrected chi connectivity index (χ1v) is 13.7. The molecule has 2 fully saturated rings. The van der Waals surface area contributed by atoms with Crippen molar-refractivity contribution >= 4 is 29.1 Å². The van der Waals surface area contributed by atoms with Gasteiger partial charge in [-0.15, -0.1) is 0 Å². The number of halogens is 3. The van der Waals surface area contributed by atoms with E-state index in [1.54, 1.807) is 16.9 Å². The summed E-state index contributed by atoms with van der Waals surface area (Å²) in [5, 5.41) is 19.9. The predicted octanol–water partition coefficient (Wildman–Crippen LogP) is 3.82. The highest BCUT2D eigenvalue weighted by Crippen LogP contribution is 2.51. The lowest BCUT2D eigenvalue weighted by Gasteiger charge is -2.27. The number of anilines is 1. The number of carbonyl (C=O) groups is 2. The van der Waals surface area contributed by atoms with Crippen LogP contribution in [0.4, 0.5) is 14.5 Å². The van der Waals surface area contributed by atoms with E-state index in [0.717, 1.165) is 25.7 Å². The molecule has 2 aliphatic rings. The van der Waals surface area contributed by atoms with E-state index >= 15 is 0 Å². The summed E-state index contributed by atoms with van der Waals surface area (Å²) in [6, 6.07) is 0.850. The van der Waals surface area contributed by atoms with Gasteiger partial charge in [-0.1, -0.05) is 11.6 Å². The van der Waals surface area contributed by atoms with Crippen molar-refractivity contribution in [1.82, 2.24) is 35.1 Å². The van der Waals surface area contributed by atoms with Gasteiger partial charge in [-0.25, -0.2) is 13.9 Å². The Kier molecular flexibility index (Phi) is 8.02. The lowest BCUT2D eigenvalue weighted by Crippen LogP contribution is -2.50. The Hall–Kier alpha value is -3.61. The van der Waals surface area contributed by atoms with Crippen LogP contribution in [-0.4, -0.2) is 54.0 Å². The highest BCUT2D eigenvalue weighted by atomic mass is 35.5. The molecule has 3 N–H and O–H groups in total. The lowest BCUT2D eigenvalue weighted by molar-refractivity contribution is -0.119. The fraction of sp³-hybridized carbons (Fsp3) is 0.538. The van der Waals surface area contributed by atoms with Crippen LogP contribution in [0.1, 0.15) is 74.1 Å². The molecule has 40 heavy (non-hydrogen) atoms. The SMILES string of the molecule is CC(C)n1nccc1C(=O)N[C@H](C(=O)Nc1cnn([C@@H](CC(F)F)c2cc(Cl)n[nH]c2=O)c1)C(C1CC1)C1CC1. The molecule has 3 aromatic rings. The summed E-state index contributed by atoms with van der Waals surface area (Å²) in [6.07, 6.45) is 4.82. The summed E-state index contributed by atoms with van der Waals surface area (Å²) in [5.41, 5.74) is -0.0910. The van der Waals surface area contributed by atoms with Crippen molar-refractivity contribution in [2.24, 2.45) is 17.8 Å². The molecule has 0 spiro atoms. The van der Waals surface area contributed by atoms with Crippen LogP contribution in [0.5, 0.6) is 0 Å². The van der Waals surface area contributed by atoms with E-state index in [2.05, 4.69) is 31.0 Å². The van der Waals surface area contributed by atoms with Gasteiger partial charge in [0, 0.05) is 30.4 Å². The third-order valence-corrected chi connectivity index (χ3v) is 7.62. The summed E-state index contributed by atoms with van der Waals surface area (Å²) in [4.78, 5) is 39.3. The lowest BCUT2D eigenvalue weighted by atomic mass is 9.88. The van der Waals surface area contributed by atoms with Gasteiger partial charge in [0.1, 0.15) is 16.9 Å². The van der Waals surface area contributed by atoms with Crippen molar-refractivity contribution in [3.05, 3.63) is 57.5 Å². The van der Waals surface area contributed by atoms with Crippen molar-refractivity contribution in [3.8, 4) is 0 Å². The van der Waals surface area contributed by atoms with E-state index in [-0.39, 0.29) is 34.3 Å². The van der Waals surface area contributed by atoms with Crippen molar-refractivity contribution < 1.29 is 18.4 Å². The van der Waals surface area contributed by atoms with Crippen LogP contribution in [0.15, 0.2) is 35.5 Å². The van der Waals surface area contributed by atoms with Crippen molar-refractivity contribution in [1.29, 1.82) is 0 Å². The van der Waals surface area contributed by atoms with E-state index in [0.29, 0.717) is 17.5 Å². The van der Waals surface area contributed by atoms with Crippen molar-refractivity contribution in [2.75, 3.05) is 5.32 Å². The Morgan fingerprint density at radius 1 is 1.18 bits per heavy atom. The second kappa shape index (κ2) is 11.5. The number of nitrogens with zero attached hydrogens (tertiary/aromatic N) is 5. The highest BCUT2D eigenvalue weighted by molar-refractivity contribution is 6.29. The molecule has 0 radical (unpaired) electrons. The topological polar surface area (TPSA) is 140 Å². The Bertz CT molecular complexity index is 1420. The first-order valence-electron chi connectivity index (χ1n) is 13.3. The molecule has 214 valence electrons. The molecule has 3 heterocycles. The second-order valence-electron chi connectivity index (χ2n) is 10.8. The maximum atomic E-state index is 13.7. The Morgan fingerprint density at radius 2 is 1.88 bits per heavy atom. The van der Waals surface area contributed by atoms with Crippen molar-refractivity contribution in [3.63, 3.8) is 0 Å². The van der Waals surface area contributed by atoms with Crippen LogP contribution >= 0.6 is 11.6 Å². The zero-order valence-corrected chi connectivity index (χ0v) is 22.8. The molecule has 3 aromatic heterocycles. The molecule has 2 aliphatic carbocycles. The number of aromatic nitrogens is 6. The Balaban J connectivity index is 1.39. The quantitative estimate of drug-likeness (QED) is 0.299. The van der Waals surface area contributed by atoms with Crippen LogP contribution in [0, 0.1) is 17.8 Å². The number of carbonyl (C=O) groups excluding carboxylic acids is 2. The monoisotopic (exact) mass is 576 g/mol. The number of rotatable bonds is 12. The highest BCUT2D eigenvalue weighted by Gasteiger charge is 2.48. The first kappa shape index (κ1) is 27.9. The molecule has 0 aromatic carbocycles. The number of aromatic amines is 1. The van der Waals surface area contributed by atoms with Crippen LogP contribution in [0.25, 0.3) is 0 Å². The molecule has 0 aliphatic heterocycles. The number of nitrogens with one attached hydrogen (secondary N) is 3. The number of H-pyrrole nitrogens is 1. The minimum absolute atomic E-state index is 0.0153.